The molecule has 2 atom stereocenters. The fraction of sp³-hybridized carbons (Fsp3) is 0.778. The van der Waals surface area contributed by atoms with Crippen LogP contribution in [0.4, 0.5) is 0 Å². The van der Waals surface area contributed by atoms with Crippen LogP contribution >= 0.6 is 7.80 Å². The van der Waals surface area contributed by atoms with Gasteiger partial charge in [0.05, 0.1) is 0 Å². The first-order valence-electron chi connectivity index (χ1n) is 4.43. The monoisotopic (exact) mass is 171 g/mol. The lowest BCUT2D eigenvalue weighted by Gasteiger charge is -2.06. The van der Waals surface area contributed by atoms with Crippen LogP contribution in [0.2, 0.25) is 0 Å². The van der Waals surface area contributed by atoms with E-state index in [2.05, 4.69) is 19.1 Å². The van der Waals surface area contributed by atoms with E-state index < -0.39 is 7.80 Å². The van der Waals surface area contributed by atoms with E-state index >= 15 is 0 Å². The first-order chi connectivity index (χ1) is 5.34. The molecule has 0 bridgehead atoms. The average molecular weight is 171 g/mol. The van der Waals surface area contributed by atoms with Crippen molar-refractivity contribution in [3.63, 3.8) is 0 Å². The van der Waals surface area contributed by atoms with Crippen molar-refractivity contribution in [1.82, 2.24) is 0 Å². The zero-order valence-electron chi connectivity index (χ0n) is 7.12. The second-order valence-corrected chi connectivity index (χ2v) is 5.09. The third-order valence-corrected chi connectivity index (χ3v) is 4.26. The molecule has 0 N–H and O–H groups in total. The van der Waals surface area contributed by atoms with Gasteiger partial charge in [0.2, 0.25) is 0 Å². The van der Waals surface area contributed by atoms with Crippen molar-refractivity contribution in [2.45, 2.75) is 38.3 Å². The Hall–Kier alpha value is -0.160. The van der Waals surface area contributed by atoms with Gasteiger partial charge >= 0.3 is 7.80 Å². The van der Waals surface area contributed by atoms with Gasteiger partial charge in [0.1, 0.15) is 6.16 Å². The lowest BCUT2D eigenvalue weighted by molar-refractivity contribution is 0.569. The van der Waals surface area contributed by atoms with Crippen LogP contribution in [0.3, 0.4) is 0 Å². The van der Waals surface area contributed by atoms with Crippen molar-refractivity contribution in [3.05, 3.63) is 12.2 Å². The minimum Gasteiger partial charge on any atom is -0.0882 e. The first kappa shape index (κ1) is 8.93. The predicted molar refractivity (Wildman–Crippen MR) is 49.5 cm³/mol. The second-order valence-electron chi connectivity index (χ2n) is 3.08. The first-order valence-corrected chi connectivity index (χ1v) is 5.94. The minimum atomic E-state index is -0.900. The smallest absolute Gasteiger partial charge is 0.0882 e. The fourth-order valence-electron chi connectivity index (χ4n) is 1.44. The van der Waals surface area contributed by atoms with E-state index in [9.17, 15) is 4.57 Å². The molecule has 11 heavy (non-hydrogen) atoms. The maximum atomic E-state index is 11.5. The van der Waals surface area contributed by atoms with Crippen molar-refractivity contribution in [3.8, 4) is 0 Å². The van der Waals surface area contributed by atoms with Gasteiger partial charge in [-0.3, -0.25) is 0 Å². The molecule has 0 radical (unpaired) electrons. The normalized spacial score (nSPS) is 25.2. The molecule has 1 aliphatic rings. The third kappa shape index (κ3) is 2.75. The van der Waals surface area contributed by atoms with E-state index in [1.54, 1.807) is 0 Å². The van der Waals surface area contributed by atoms with Crippen LogP contribution in [-0.4, -0.2) is 11.8 Å². The van der Waals surface area contributed by atoms with Gasteiger partial charge in [0.15, 0.2) is 5.66 Å². The number of allylic oxidation sites excluding steroid dienone is 2. The summed E-state index contributed by atoms with van der Waals surface area (Å²) < 4.78 is 11.5. The van der Waals surface area contributed by atoms with E-state index in [4.69, 9.17) is 0 Å². The van der Waals surface area contributed by atoms with Gasteiger partial charge in [-0.15, -0.1) is 0 Å². The number of hydrogen-bond donors (Lipinski definition) is 0. The predicted octanol–water partition coefficient (Wildman–Crippen LogP) is 3.33. The Labute approximate surface area is 69.7 Å². The van der Waals surface area contributed by atoms with Crippen LogP contribution in [0, 0.1) is 0 Å². The minimum absolute atomic E-state index is 0.495. The van der Waals surface area contributed by atoms with Gasteiger partial charge in [-0.05, 0) is 19.3 Å². The van der Waals surface area contributed by atoms with E-state index in [1.165, 1.54) is 0 Å². The molecule has 1 aliphatic carbocycles. The van der Waals surface area contributed by atoms with Crippen molar-refractivity contribution in [2.24, 2.45) is 0 Å². The molecular weight excluding hydrogens is 155 g/mol. The van der Waals surface area contributed by atoms with Crippen molar-refractivity contribution < 1.29 is 4.57 Å². The second kappa shape index (κ2) is 4.66. The molecule has 0 saturated heterocycles. The lowest BCUT2D eigenvalue weighted by atomic mass is 10.1. The van der Waals surface area contributed by atoms with Gasteiger partial charge in [0, 0.05) is 6.42 Å². The summed E-state index contributed by atoms with van der Waals surface area (Å²) in [6, 6.07) is 0. The van der Waals surface area contributed by atoms with E-state index in [-0.39, 0.29) is 0 Å². The maximum Gasteiger partial charge on any atom is 0.342 e. The summed E-state index contributed by atoms with van der Waals surface area (Å²) in [6.07, 6.45) is 9.70. The van der Waals surface area contributed by atoms with Crippen molar-refractivity contribution in [2.75, 3.05) is 6.16 Å². The van der Waals surface area contributed by atoms with Gasteiger partial charge in [-0.25, -0.2) is 0 Å². The molecule has 2 unspecified atom stereocenters. The zero-order valence-corrected chi connectivity index (χ0v) is 8.02. The molecule has 0 aliphatic heterocycles. The molecule has 1 nitrogen and oxygen atoms in total. The summed E-state index contributed by atoms with van der Waals surface area (Å²) in [5.41, 5.74) is 0.495. The summed E-state index contributed by atoms with van der Waals surface area (Å²) in [7, 11) is -0.900. The van der Waals surface area contributed by atoms with Gasteiger partial charge in [0.25, 0.3) is 0 Å². The van der Waals surface area contributed by atoms with Crippen LogP contribution < -0.4 is 0 Å². The zero-order chi connectivity index (χ0) is 8.10. The molecule has 0 aromatic rings. The molecule has 0 fully saturated rings. The van der Waals surface area contributed by atoms with Gasteiger partial charge in [-0.1, -0.05) is 23.6 Å². The Morgan fingerprint density at radius 2 is 2.36 bits per heavy atom. The maximum absolute atomic E-state index is 11.5. The average Bonchev–Trinajstić information content (AvgIpc) is 2.07. The molecule has 0 heterocycles. The van der Waals surface area contributed by atoms with Crippen molar-refractivity contribution in [1.29, 1.82) is 0 Å². The van der Waals surface area contributed by atoms with Crippen LogP contribution in [0.5, 0.6) is 0 Å². The van der Waals surface area contributed by atoms with Crippen LogP contribution in [0.15, 0.2) is 12.2 Å². The highest BCUT2D eigenvalue weighted by molar-refractivity contribution is 7.45. The van der Waals surface area contributed by atoms with E-state index in [0.29, 0.717) is 5.66 Å². The summed E-state index contributed by atoms with van der Waals surface area (Å²) >= 11 is 0. The van der Waals surface area contributed by atoms with Gasteiger partial charge < -0.3 is 0 Å². The third-order valence-electron chi connectivity index (χ3n) is 2.09. The van der Waals surface area contributed by atoms with Crippen molar-refractivity contribution >= 4 is 7.80 Å². The molecular formula is C9H16OP+. The SMILES string of the molecule is CCC[P+](=O)C1CC=CCC1. The van der Waals surface area contributed by atoms with Gasteiger partial charge in [-0.2, -0.15) is 0 Å². The highest BCUT2D eigenvalue weighted by atomic mass is 31.1. The highest BCUT2D eigenvalue weighted by Gasteiger charge is 2.28. The Morgan fingerprint density at radius 3 is 2.91 bits per heavy atom. The van der Waals surface area contributed by atoms with Crippen LogP contribution in [0.1, 0.15) is 32.6 Å². The van der Waals surface area contributed by atoms with Crippen LogP contribution in [0.25, 0.3) is 0 Å². The molecule has 62 valence electrons. The number of rotatable bonds is 3. The summed E-state index contributed by atoms with van der Waals surface area (Å²) in [5, 5.41) is 0. The standard InChI is InChI=1S/C9H16OP/c1-2-8-11(10)9-6-4-3-5-7-9/h3-4,9H,2,5-8H2,1H3/q+1. The molecule has 0 aromatic heterocycles. The Bertz CT molecular complexity index is 163. The van der Waals surface area contributed by atoms with E-state index in [1.807, 2.05) is 0 Å². The largest absolute Gasteiger partial charge is 0.342 e. The summed E-state index contributed by atoms with van der Waals surface area (Å²) in [6.45, 7) is 2.10. The lowest BCUT2D eigenvalue weighted by Crippen LogP contribution is -2.05. The topological polar surface area (TPSA) is 17.1 Å². The Balaban J connectivity index is 2.34. The molecule has 0 aromatic carbocycles. The fourth-order valence-corrected chi connectivity index (χ4v) is 3.04. The summed E-state index contributed by atoms with van der Waals surface area (Å²) in [5.74, 6) is 0. The van der Waals surface area contributed by atoms with E-state index in [0.717, 1.165) is 31.8 Å². The molecule has 0 saturated carbocycles. The Kier molecular flexibility index (Phi) is 3.79. The number of hydrogen-bond acceptors (Lipinski definition) is 1. The quantitative estimate of drug-likeness (QED) is 0.470. The molecule has 2 heteroatoms. The van der Waals surface area contributed by atoms with Crippen LogP contribution in [-0.2, 0) is 4.57 Å². The molecule has 0 amide bonds. The molecule has 1 rings (SSSR count). The highest BCUT2D eigenvalue weighted by Crippen LogP contribution is 2.36. The molecule has 0 spiro atoms. The summed E-state index contributed by atoms with van der Waals surface area (Å²) in [4.78, 5) is 0. The Morgan fingerprint density at radius 1 is 1.55 bits per heavy atom.